The van der Waals surface area contributed by atoms with Crippen LogP contribution in [0, 0.1) is 23.2 Å². The minimum Gasteiger partial charge on any atom is -0.386 e. The third-order valence-electron chi connectivity index (χ3n) is 4.39. The maximum atomic E-state index is 9.45. The van der Waals surface area contributed by atoms with Crippen molar-refractivity contribution in [1.29, 1.82) is 5.26 Å². The average molecular weight is 274 g/mol. The van der Waals surface area contributed by atoms with Gasteiger partial charge in [0.25, 0.3) is 0 Å². The van der Waals surface area contributed by atoms with Crippen molar-refractivity contribution in [2.75, 3.05) is 0 Å². The van der Waals surface area contributed by atoms with Gasteiger partial charge in [-0.25, -0.2) is 0 Å². The van der Waals surface area contributed by atoms with Gasteiger partial charge in [0, 0.05) is 10.9 Å². The first-order valence-electron chi connectivity index (χ1n) is 6.69. The Morgan fingerprint density at radius 1 is 1.32 bits per heavy atom. The molecule has 2 aliphatic rings. The molecule has 1 aliphatic heterocycles. The zero-order chi connectivity index (χ0) is 13.4. The second kappa shape index (κ2) is 4.86. The summed E-state index contributed by atoms with van der Waals surface area (Å²) in [4.78, 5) is 4.53. The van der Waals surface area contributed by atoms with Gasteiger partial charge >= 0.3 is 0 Å². The molecule has 2 N–H and O–H groups in total. The molecular formula is C15H16ClN3. The first kappa shape index (κ1) is 12.5. The smallest absolute Gasteiger partial charge is 0.112 e. The molecule has 3 rings (SSSR count). The summed E-state index contributed by atoms with van der Waals surface area (Å²) in [5.74, 6) is 0.621. The Bertz CT molecular complexity index is 561. The second-order valence-corrected chi connectivity index (χ2v) is 5.78. The summed E-state index contributed by atoms with van der Waals surface area (Å²) in [6.07, 6.45) is 3.34. The van der Waals surface area contributed by atoms with E-state index in [4.69, 9.17) is 17.3 Å². The summed E-state index contributed by atoms with van der Waals surface area (Å²) in [5, 5.41) is 10.2. The highest BCUT2D eigenvalue weighted by Crippen LogP contribution is 2.47. The van der Waals surface area contributed by atoms with Gasteiger partial charge in [-0.05, 0) is 30.4 Å². The number of hydrogen-bond donors (Lipinski definition) is 1. The predicted molar refractivity (Wildman–Crippen MR) is 76.0 cm³/mol. The van der Waals surface area contributed by atoms with Gasteiger partial charge in [0.05, 0.1) is 12.1 Å². The lowest BCUT2D eigenvalue weighted by Gasteiger charge is -2.35. The zero-order valence-corrected chi connectivity index (χ0v) is 11.3. The van der Waals surface area contributed by atoms with Crippen LogP contribution in [-0.2, 0) is 0 Å². The molecule has 0 aromatic heterocycles. The lowest BCUT2D eigenvalue weighted by Crippen LogP contribution is -2.40. The molecule has 0 amide bonds. The van der Waals surface area contributed by atoms with Gasteiger partial charge in [-0.3, -0.25) is 4.99 Å². The molecule has 1 saturated carbocycles. The van der Waals surface area contributed by atoms with Crippen molar-refractivity contribution in [3.8, 4) is 6.07 Å². The Morgan fingerprint density at radius 2 is 2.11 bits per heavy atom. The Hall–Kier alpha value is -1.53. The number of halogens is 1. The maximum absolute atomic E-state index is 9.45. The number of aliphatic imine (C=N–C) groups is 1. The first-order chi connectivity index (χ1) is 9.22. The van der Waals surface area contributed by atoms with Gasteiger partial charge in [0.1, 0.15) is 11.8 Å². The third kappa shape index (κ3) is 2.01. The monoisotopic (exact) mass is 273 g/mol. The first-order valence-corrected chi connectivity index (χ1v) is 7.07. The van der Waals surface area contributed by atoms with Gasteiger partial charge in [-0.1, -0.05) is 36.2 Å². The summed E-state index contributed by atoms with van der Waals surface area (Å²) in [6.45, 7) is 0. The maximum Gasteiger partial charge on any atom is 0.112 e. The van der Waals surface area contributed by atoms with E-state index in [1.54, 1.807) is 0 Å². The largest absolute Gasteiger partial charge is 0.386 e. The van der Waals surface area contributed by atoms with Crippen LogP contribution in [0.5, 0.6) is 0 Å². The number of nitrogens with two attached hydrogens (primary N) is 1. The molecule has 4 unspecified atom stereocenters. The molecule has 1 aromatic rings. The van der Waals surface area contributed by atoms with E-state index in [-0.39, 0.29) is 17.9 Å². The lowest BCUT2D eigenvalue weighted by atomic mass is 9.72. The van der Waals surface area contributed by atoms with Crippen molar-refractivity contribution in [3.05, 3.63) is 34.9 Å². The van der Waals surface area contributed by atoms with Crippen LogP contribution in [0.15, 0.2) is 29.3 Å². The second-order valence-electron chi connectivity index (χ2n) is 5.37. The normalized spacial score (nSPS) is 33.4. The van der Waals surface area contributed by atoms with Gasteiger partial charge in [0.15, 0.2) is 0 Å². The molecule has 0 spiro atoms. The quantitative estimate of drug-likeness (QED) is 0.855. The molecule has 1 heterocycles. The van der Waals surface area contributed by atoms with E-state index in [2.05, 4.69) is 11.1 Å². The number of nitriles is 1. The standard InChI is InChI=1S/C15H16ClN3/c16-12-6-2-1-4-9(12)14-10-5-3-7-13(10)19-15(18)11(14)8-17/h1-2,4,6,10-11,13-14H,3,5,7H2,(H2,18,19). The highest BCUT2D eigenvalue weighted by atomic mass is 35.5. The predicted octanol–water partition coefficient (Wildman–Crippen LogP) is 3.10. The minimum absolute atomic E-state index is 0.0868. The molecule has 1 aromatic carbocycles. The number of amidine groups is 1. The third-order valence-corrected chi connectivity index (χ3v) is 4.73. The van der Waals surface area contributed by atoms with Crippen molar-refractivity contribution in [3.63, 3.8) is 0 Å². The van der Waals surface area contributed by atoms with E-state index < -0.39 is 0 Å². The summed E-state index contributed by atoms with van der Waals surface area (Å²) in [6, 6.07) is 10.4. The van der Waals surface area contributed by atoms with E-state index in [1.165, 1.54) is 0 Å². The minimum atomic E-state index is -0.348. The van der Waals surface area contributed by atoms with E-state index >= 15 is 0 Å². The van der Waals surface area contributed by atoms with Crippen molar-refractivity contribution < 1.29 is 0 Å². The molecule has 4 heteroatoms. The summed E-state index contributed by atoms with van der Waals surface area (Å²) in [5.41, 5.74) is 7.05. The van der Waals surface area contributed by atoms with Crippen LogP contribution >= 0.6 is 11.6 Å². The van der Waals surface area contributed by atoms with Gasteiger partial charge in [-0.15, -0.1) is 0 Å². The van der Waals surface area contributed by atoms with Crippen LogP contribution in [0.1, 0.15) is 30.7 Å². The molecule has 1 aliphatic carbocycles. The SMILES string of the molecule is N#CC1C(N)=NC2CCCC2C1c1ccccc1Cl. The molecule has 3 nitrogen and oxygen atoms in total. The Labute approximate surface area is 118 Å². The molecular weight excluding hydrogens is 258 g/mol. The fourth-order valence-corrected chi connectivity index (χ4v) is 3.82. The van der Waals surface area contributed by atoms with Crippen LogP contribution < -0.4 is 5.73 Å². The van der Waals surface area contributed by atoms with Gasteiger partial charge < -0.3 is 5.73 Å². The number of benzene rings is 1. The molecule has 19 heavy (non-hydrogen) atoms. The highest BCUT2D eigenvalue weighted by molar-refractivity contribution is 6.31. The van der Waals surface area contributed by atoms with Gasteiger partial charge in [-0.2, -0.15) is 5.26 Å². The lowest BCUT2D eigenvalue weighted by molar-refractivity contribution is 0.348. The number of nitrogens with zero attached hydrogens (tertiary/aromatic N) is 2. The van der Waals surface area contributed by atoms with E-state index in [0.717, 1.165) is 29.8 Å². The Balaban J connectivity index is 2.09. The topological polar surface area (TPSA) is 62.2 Å². The van der Waals surface area contributed by atoms with Crippen LogP contribution in [-0.4, -0.2) is 11.9 Å². The molecule has 98 valence electrons. The van der Waals surface area contributed by atoms with Crippen LogP contribution in [0.25, 0.3) is 0 Å². The number of rotatable bonds is 1. The fraction of sp³-hybridized carbons (Fsp3) is 0.467. The van der Waals surface area contributed by atoms with E-state index in [1.807, 2.05) is 24.3 Å². The molecule has 0 radical (unpaired) electrons. The fourth-order valence-electron chi connectivity index (χ4n) is 3.55. The molecule has 4 atom stereocenters. The summed E-state index contributed by atoms with van der Waals surface area (Å²) in [7, 11) is 0. The van der Waals surface area contributed by atoms with Crippen molar-refractivity contribution in [2.45, 2.75) is 31.2 Å². The van der Waals surface area contributed by atoms with Crippen molar-refractivity contribution in [2.24, 2.45) is 22.6 Å². The number of fused-ring (bicyclic) bond motifs is 1. The van der Waals surface area contributed by atoms with Gasteiger partial charge in [0.2, 0.25) is 0 Å². The Kier molecular flexibility index (Phi) is 3.20. The molecule has 1 fully saturated rings. The zero-order valence-electron chi connectivity index (χ0n) is 10.6. The van der Waals surface area contributed by atoms with Crippen LogP contribution in [0.2, 0.25) is 5.02 Å². The van der Waals surface area contributed by atoms with E-state index in [9.17, 15) is 5.26 Å². The molecule has 0 saturated heterocycles. The summed E-state index contributed by atoms with van der Waals surface area (Å²) >= 11 is 6.33. The average Bonchev–Trinajstić information content (AvgIpc) is 2.85. The van der Waals surface area contributed by atoms with Crippen LogP contribution in [0.4, 0.5) is 0 Å². The van der Waals surface area contributed by atoms with E-state index in [0.29, 0.717) is 11.8 Å². The highest BCUT2D eigenvalue weighted by Gasteiger charge is 2.44. The number of hydrogen-bond acceptors (Lipinski definition) is 3. The summed E-state index contributed by atoms with van der Waals surface area (Å²) < 4.78 is 0. The van der Waals surface area contributed by atoms with Crippen molar-refractivity contribution >= 4 is 17.4 Å². The van der Waals surface area contributed by atoms with Crippen molar-refractivity contribution in [1.82, 2.24) is 0 Å². The Morgan fingerprint density at radius 3 is 2.84 bits per heavy atom. The van der Waals surface area contributed by atoms with Crippen LogP contribution in [0.3, 0.4) is 0 Å². The molecule has 0 bridgehead atoms.